The molecule has 2 unspecified atom stereocenters. The van der Waals surface area contributed by atoms with E-state index in [1.165, 1.54) is 16.7 Å². The molecule has 0 fully saturated rings. The largest absolute Gasteiger partial charge is 0.464 e. The van der Waals surface area contributed by atoms with E-state index in [-0.39, 0.29) is 6.29 Å². The van der Waals surface area contributed by atoms with Gasteiger partial charge in [0.25, 0.3) is 0 Å². The topological polar surface area (TPSA) is 18.5 Å². The van der Waals surface area contributed by atoms with Crippen LogP contribution in [0.25, 0.3) is 5.76 Å². The number of hydrogen-bond donors (Lipinski definition) is 0. The molecule has 1 aliphatic carbocycles. The summed E-state index contributed by atoms with van der Waals surface area (Å²) in [7, 11) is 0. The van der Waals surface area contributed by atoms with Crippen molar-refractivity contribution >= 4 is 5.76 Å². The predicted molar refractivity (Wildman–Crippen MR) is 83.3 cm³/mol. The van der Waals surface area contributed by atoms with Gasteiger partial charge >= 0.3 is 0 Å². The van der Waals surface area contributed by atoms with Crippen molar-refractivity contribution < 1.29 is 9.47 Å². The van der Waals surface area contributed by atoms with Crippen LogP contribution in [0.2, 0.25) is 0 Å². The maximum Gasteiger partial charge on any atom is 0.202 e. The van der Waals surface area contributed by atoms with Crippen LogP contribution in [0.3, 0.4) is 0 Å². The Morgan fingerprint density at radius 2 is 1.95 bits per heavy atom. The van der Waals surface area contributed by atoms with Crippen molar-refractivity contribution in [1.29, 1.82) is 0 Å². The van der Waals surface area contributed by atoms with Crippen molar-refractivity contribution in [2.24, 2.45) is 5.92 Å². The lowest BCUT2D eigenvalue weighted by atomic mass is 9.84. The summed E-state index contributed by atoms with van der Waals surface area (Å²) in [6.45, 7) is 8.94. The van der Waals surface area contributed by atoms with E-state index >= 15 is 0 Å². The zero-order valence-electron chi connectivity index (χ0n) is 13.1. The summed E-state index contributed by atoms with van der Waals surface area (Å²) in [5, 5.41) is 0. The van der Waals surface area contributed by atoms with Gasteiger partial charge in [0.15, 0.2) is 0 Å². The number of hydrogen-bond acceptors (Lipinski definition) is 2. The van der Waals surface area contributed by atoms with E-state index in [4.69, 9.17) is 9.47 Å². The molecule has 0 saturated carbocycles. The zero-order valence-corrected chi connectivity index (χ0v) is 13.1. The highest BCUT2D eigenvalue weighted by atomic mass is 16.7. The zero-order chi connectivity index (χ0) is 14.5. The maximum atomic E-state index is 6.13. The van der Waals surface area contributed by atoms with Gasteiger partial charge in [0.1, 0.15) is 5.76 Å². The van der Waals surface area contributed by atoms with E-state index in [0.29, 0.717) is 12.5 Å². The molecule has 2 atom stereocenters. The number of rotatable bonds is 2. The molecule has 3 rings (SSSR count). The summed E-state index contributed by atoms with van der Waals surface area (Å²) in [5.74, 6) is 1.54. The Hall–Kier alpha value is -1.28. The van der Waals surface area contributed by atoms with Gasteiger partial charge in [-0.25, -0.2) is 0 Å². The van der Waals surface area contributed by atoms with Crippen molar-refractivity contribution in [2.75, 3.05) is 6.61 Å². The van der Waals surface area contributed by atoms with Gasteiger partial charge in [0.2, 0.25) is 6.29 Å². The molecule has 0 spiro atoms. The summed E-state index contributed by atoms with van der Waals surface area (Å²) in [6, 6.07) is 8.57. The molecule has 0 radical (unpaired) electrons. The molecule has 0 N–H and O–H groups in total. The predicted octanol–water partition coefficient (Wildman–Crippen LogP) is 4.79. The minimum absolute atomic E-state index is 0.0834. The van der Waals surface area contributed by atoms with Crippen molar-refractivity contribution in [3.63, 3.8) is 0 Å². The van der Waals surface area contributed by atoms with E-state index in [0.717, 1.165) is 25.0 Å². The van der Waals surface area contributed by atoms with Gasteiger partial charge in [-0.1, -0.05) is 45.0 Å². The number of aryl methyl sites for hydroxylation is 1. The minimum Gasteiger partial charge on any atom is -0.464 e. The molecule has 0 aromatic heterocycles. The highest BCUT2D eigenvalue weighted by molar-refractivity contribution is 5.69. The normalized spacial score (nSPS) is 24.0. The first-order valence-electron chi connectivity index (χ1n) is 7.88. The highest BCUT2D eigenvalue weighted by Gasteiger charge is 2.32. The molecule has 2 heteroatoms. The second-order valence-corrected chi connectivity index (χ2v) is 5.21. The Morgan fingerprint density at radius 1 is 1.20 bits per heavy atom. The summed E-state index contributed by atoms with van der Waals surface area (Å²) in [6.07, 6.45) is 3.30. The number of ether oxygens (including phenoxy) is 2. The van der Waals surface area contributed by atoms with Gasteiger partial charge in [-0.05, 0) is 37.3 Å². The van der Waals surface area contributed by atoms with Gasteiger partial charge in [0, 0.05) is 18.1 Å². The molecular formula is C18H26O2. The van der Waals surface area contributed by atoms with Gasteiger partial charge < -0.3 is 9.47 Å². The summed E-state index contributed by atoms with van der Waals surface area (Å²) >= 11 is 0. The number of allylic oxidation sites excluding steroid dienone is 1. The lowest BCUT2D eigenvalue weighted by Gasteiger charge is -2.35. The van der Waals surface area contributed by atoms with Crippen LogP contribution in [0.4, 0.5) is 0 Å². The second kappa shape index (κ2) is 6.94. The maximum absolute atomic E-state index is 6.13. The summed E-state index contributed by atoms with van der Waals surface area (Å²) in [5.41, 5.74) is 4.15. The van der Waals surface area contributed by atoms with Gasteiger partial charge in [-0.15, -0.1) is 0 Å². The van der Waals surface area contributed by atoms with Crippen LogP contribution in [0, 0.1) is 5.92 Å². The van der Waals surface area contributed by atoms with Crippen LogP contribution in [0.1, 0.15) is 51.7 Å². The van der Waals surface area contributed by atoms with Gasteiger partial charge in [-0.2, -0.15) is 0 Å². The first-order valence-corrected chi connectivity index (χ1v) is 7.88. The molecule has 110 valence electrons. The van der Waals surface area contributed by atoms with Crippen LogP contribution in [0.15, 0.2) is 29.8 Å². The molecule has 20 heavy (non-hydrogen) atoms. The standard InChI is InChI=1S/C16H20O2.C2H6/c1-3-17-16-11(2)10-13-9-8-12-6-4-5-7-14(12)15(13)18-16;1-2/h4-7,11,16H,3,8-10H2,1-2H3;1-2H3. The first kappa shape index (κ1) is 15.1. The quantitative estimate of drug-likeness (QED) is 0.772. The van der Waals surface area contributed by atoms with E-state index < -0.39 is 0 Å². The molecule has 1 heterocycles. The van der Waals surface area contributed by atoms with Crippen molar-refractivity contribution in [1.82, 2.24) is 0 Å². The van der Waals surface area contributed by atoms with Crippen LogP contribution < -0.4 is 0 Å². The van der Waals surface area contributed by atoms with Crippen LogP contribution in [-0.2, 0) is 15.9 Å². The molecular weight excluding hydrogens is 248 g/mol. The average molecular weight is 274 g/mol. The van der Waals surface area contributed by atoms with Crippen molar-refractivity contribution in [2.45, 2.75) is 53.2 Å². The summed E-state index contributed by atoms with van der Waals surface area (Å²) < 4.78 is 11.8. The Morgan fingerprint density at radius 3 is 2.70 bits per heavy atom. The Balaban J connectivity index is 0.000000704. The van der Waals surface area contributed by atoms with Crippen LogP contribution >= 0.6 is 0 Å². The molecule has 1 aliphatic heterocycles. The Bertz CT molecular complexity index is 476. The number of fused-ring (bicyclic) bond motifs is 2. The molecule has 2 nitrogen and oxygen atoms in total. The Kier molecular flexibility index (Phi) is 5.24. The fourth-order valence-corrected chi connectivity index (χ4v) is 2.97. The molecule has 2 aliphatic rings. The molecule has 0 bridgehead atoms. The molecule has 0 amide bonds. The van der Waals surface area contributed by atoms with Gasteiger partial charge in [0.05, 0.1) is 0 Å². The number of benzene rings is 1. The van der Waals surface area contributed by atoms with Crippen LogP contribution in [0.5, 0.6) is 0 Å². The monoisotopic (exact) mass is 274 g/mol. The third-order valence-electron chi connectivity index (χ3n) is 3.88. The fraction of sp³-hybridized carbons (Fsp3) is 0.556. The SMILES string of the molecule is CC.CCOC1OC2=C(CCc3ccccc32)CC1C. The smallest absolute Gasteiger partial charge is 0.202 e. The first-order chi connectivity index (χ1) is 9.79. The third kappa shape index (κ3) is 2.90. The van der Waals surface area contributed by atoms with E-state index in [2.05, 4.69) is 31.2 Å². The van der Waals surface area contributed by atoms with Crippen LogP contribution in [-0.4, -0.2) is 12.9 Å². The minimum atomic E-state index is -0.0834. The summed E-state index contributed by atoms with van der Waals surface area (Å²) in [4.78, 5) is 0. The fourth-order valence-electron chi connectivity index (χ4n) is 2.97. The van der Waals surface area contributed by atoms with E-state index in [1.54, 1.807) is 0 Å². The molecule has 0 saturated heterocycles. The lowest BCUT2D eigenvalue weighted by molar-refractivity contribution is -0.131. The Labute approximate surface area is 122 Å². The van der Waals surface area contributed by atoms with Gasteiger partial charge in [-0.3, -0.25) is 0 Å². The van der Waals surface area contributed by atoms with Crippen molar-refractivity contribution in [3.05, 3.63) is 41.0 Å². The molecule has 1 aromatic rings. The molecule has 1 aromatic carbocycles. The second-order valence-electron chi connectivity index (χ2n) is 5.21. The van der Waals surface area contributed by atoms with Crippen molar-refractivity contribution in [3.8, 4) is 0 Å². The van der Waals surface area contributed by atoms with E-state index in [1.807, 2.05) is 20.8 Å². The highest BCUT2D eigenvalue weighted by Crippen LogP contribution is 2.41. The lowest BCUT2D eigenvalue weighted by Crippen LogP contribution is -2.30. The average Bonchev–Trinajstić information content (AvgIpc) is 2.50. The van der Waals surface area contributed by atoms with E-state index in [9.17, 15) is 0 Å². The third-order valence-corrected chi connectivity index (χ3v) is 3.88.